The van der Waals surface area contributed by atoms with E-state index in [0.29, 0.717) is 5.88 Å². The second-order valence-electron chi connectivity index (χ2n) is 3.44. The van der Waals surface area contributed by atoms with Gasteiger partial charge in [0.2, 0.25) is 5.88 Å². The van der Waals surface area contributed by atoms with E-state index in [1.165, 1.54) is 32.0 Å². The molecule has 0 saturated heterocycles. The summed E-state index contributed by atoms with van der Waals surface area (Å²) in [5, 5.41) is 0. The third-order valence-electron chi connectivity index (χ3n) is 2.11. The third-order valence-corrected chi connectivity index (χ3v) is 2.54. The van der Waals surface area contributed by atoms with Crippen LogP contribution in [-0.4, -0.2) is 16.6 Å². The number of hydrogen-bond donors (Lipinski definition) is 0. The first kappa shape index (κ1) is 12.4. The zero-order chi connectivity index (χ0) is 10.9. The van der Waals surface area contributed by atoms with Crippen LogP contribution in [-0.2, 0) is 0 Å². The average molecular weight is 273 g/mol. The van der Waals surface area contributed by atoms with Crippen LogP contribution >= 0.6 is 15.9 Å². The molecule has 4 heteroatoms. The number of unbranched alkanes of at least 4 members (excludes halogenated alkanes) is 4. The van der Waals surface area contributed by atoms with Crippen LogP contribution in [0.4, 0.5) is 0 Å². The van der Waals surface area contributed by atoms with E-state index in [-0.39, 0.29) is 0 Å². The topological polar surface area (TPSA) is 35.0 Å². The lowest BCUT2D eigenvalue weighted by molar-refractivity contribution is 0.292. The molecule has 0 amide bonds. The predicted molar refractivity (Wildman–Crippen MR) is 64.0 cm³/mol. The summed E-state index contributed by atoms with van der Waals surface area (Å²) in [4.78, 5) is 7.94. The van der Waals surface area contributed by atoms with Crippen molar-refractivity contribution in [1.29, 1.82) is 0 Å². The molecule has 0 atom stereocenters. The van der Waals surface area contributed by atoms with Crippen LogP contribution in [0.2, 0.25) is 0 Å². The maximum Gasteiger partial charge on any atom is 0.217 e. The van der Waals surface area contributed by atoms with E-state index in [2.05, 4.69) is 32.8 Å². The van der Waals surface area contributed by atoms with Crippen molar-refractivity contribution in [1.82, 2.24) is 9.97 Å². The summed E-state index contributed by atoms with van der Waals surface area (Å²) in [5.74, 6) is 0.646. The fourth-order valence-electron chi connectivity index (χ4n) is 1.28. The molecule has 1 heterocycles. The number of nitrogens with zero attached hydrogens (tertiary/aromatic N) is 2. The molecule has 0 aromatic carbocycles. The van der Waals surface area contributed by atoms with Gasteiger partial charge >= 0.3 is 0 Å². The monoisotopic (exact) mass is 272 g/mol. The first-order valence-electron chi connectivity index (χ1n) is 5.43. The number of aromatic nitrogens is 2. The second kappa shape index (κ2) is 7.63. The molecule has 1 aromatic heterocycles. The quantitative estimate of drug-likeness (QED) is 0.562. The summed E-state index contributed by atoms with van der Waals surface area (Å²) in [5.41, 5.74) is 0. The fraction of sp³-hybridized carbons (Fsp3) is 0.636. The normalized spacial score (nSPS) is 10.3. The molecular formula is C11H17BrN2O. The molecule has 1 aromatic rings. The molecule has 0 unspecified atom stereocenters. The van der Waals surface area contributed by atoms with E-state index in [9.17, 15) is 0 Å². The van der Waals surface area contributed by atoms with Crippen LogP contribution in [0.3, 0.4) is 0 Å². The molecule has 84 valence electrons. The summed E-state index contributed by atoms with van der Waals surface area (Å²) in [6, 6.07) is 1.78. The molecule has 0 aliphatic heterocycles. The minimum Gasteiger partial charge on any atom is -0.478 e. The Labute approximate surface area is 99.4 Å². The summed E-state index contributed by atoms with van der Waals surface area (Å²) >= 11 is 3.27. The predicted octanol–water partition coefficient (Wildman–Crippen LogP) is 3.59. The van der Waals surface area contributed by atoms with Gasteiger partial charge in [-0.25, -0.2) is 9.97 Å². The number of ether oxygens (including phenoxy) is 1. The maximum atomic E-state index is 5.49. The van der Waals surface area contributed by atoms with Crippen molar-refractivity contribution in [2.75, 3.05) is 6.61 Å². The smallest absolute Gasteiger partial charge is 0.217 e. The van der Waals surface area contributed by atoms with Gasteiger partial charge < -0.3 is 4.74 Å². The van der Waals surface area contributed by atoms with Crippen LogP contribution in [0.25, 0.3) is 0 Å². The Morgan fingerprint density at radius 3 is 2.73 bits per heavy atom. The summed E-state index contributed by atoms with van der Waals surface area (Å²) in [6.07, 6.45) is 7.73. The lowest BCUT2D eigenvalue weighted by atomic mass is 10.2. The zero-order valence-corrected chi connectivity index (χ0v) is 10.7. The number of hydrogen-bond acceptors (Lipinski definition) is 3. The van der Waals surface area contributed by atoms with Gasteiger partial charge in [-0.05, 0) is 22.4 Å². The molecular weight excluding hydrogens is 256 g/mol. The van der Waals surface area contributed by atoms with Gasteiger partial charge in [-0.2, -0.15) is 0 Å². The third kappa shape index (κ3) is 5.72. The Hall–Kier alpha value is -0.640. The minimum atomic E-state index is 0.646. The Morgan fingerprint density at radius 2 is 2.00 bits per heavy atom. The molecule has 0 bridgehead atoms. The van der Waals surface area contributed by atoms with E-state index >= 15 is 0 Å². The number of halogens is 1. The maximum absolute atomic E-state index is 5.49. The Morgan fingerprint density at radius 1 is 1.20 bits per heavy atom. The van der Waals surface area contributed by atoms with Gasteiger partial charge in [0.05, 0.1) is 6.61 Å². The molecule has 15 heavy (non-hydrogen) atoms. The van der Waals surface area contributed by atoms with E-state index in [0.717, 1.165) is 17.6 Å². The van der Waals surface area contributed by atoms with Gasteiger partial charge in [-0.1, -0.05) is 32.6 Å². The molecule has 0 fully saturated rings. The molecule has 0 radical (unpaired) electrons. The fourth-order valence-corrected chi connectivity index (χ4v) is 1.57. The van der Waals surface area contributed by atoms with Crippen molar-refractivity contribution in [3.8, 4) is 5.88 Å². The highest BCUT2D eigenvalue weighted by Crippen LogP contribution is 2.12. The first-order valence-corrected chi connectivity index (χ1v) is 6.22. The SMILES string of the molecule is CCCCCCCOc1cc(Br)ncn1. The molecule has 3 nitrogen and oxygen atoms in total. The van der Waals surface area contributed by atoms with Crippen LogP contribution < -0.4 is 4.74 Å². The van der Waals surface area contributed by atoms with Gasteiger partial charge in [0.1, 0.15) is 10.9 Å². The van der Waals surface area contributed by atoms with Crippen molar-refractivity contribution in [2.24, 2.45) is 0 Å². The van der Waals surface area contributed by atoms with Crippen LogP contribution in [0.5, 0.6) is 5.88 Å². The van der Waals surface area contributed by atoms with E-state index in [4.69, 9.17) is 4.74 Å². The van der Waals surface area contributed by atoms with Crippen molar-refractivity contribution in [2.45, 2.75) is 39.0 Å². The molecule has 0 N–H and O–H groups in total. The highest BCUT2D eigenvalue weighted by Gasteiger charge is 1.96. The van der Waals surface area contributed by atoms with Crippen molar-refractivity contribution in [3.63, 3.8) is 0 Å². The van der Waals surface area contributed by atoms with E-state index < -0.39 is 0 Å². The molecule has 0 aliphatic carbocycles. The van der Waals surface area contributed by atoms with Crippen LogP contribution in [0.15, 0.2) is 17.0 Å². The standard InChI is InChI=1S/C11H17BrN2O/c1-2-3-4-5-6-7-15-11-8-10(12)13-9-14-11/h8-9H,2-7H2,1H3. The highest BCUT2D eigenvalue weighted by molar-refractivity contribution is 9.10. The largest absolute Gasteiger partial charge is 0.478 e. The summed E-state index contributed by atoms with van der Waals surface area (Å²) < 4.78 is 6.25. The van der Waals surface area contributed by atoms with E-state index in [1.54, 1.807) is 6.07 Å². The van der Waals surface area contributed by atoms with E-state index in [1.807, 2.05) is 0 Å². The molecule has 0 aliphatic rings. The highest BCUT2D eigenvalue weighted by atomic mass is 79.9. The zero-order valence-electron chi connectivity index (χ0n) is 9.08. The number of rotatable bonds is 7. The van der Waals surface area contributed by atoms with Crippen molar-refractivity contribution in [3.05, 3.63) is 17.0 Å². The Kier molecular flexibility index (Phi) is 6.32. The van der Waals surface area contributed by atoms with Gasteiger partial charge in [-0.15, -0.1) is 0 Å². The Bertz CT molecular complexity index is 281. The van der Waals surface area contributed by atoms with Crippen LogP contribution in [0.1, 0.15) is 39.0 Å². The van der Waals surface area contributed by atoms with Gasteiger partial charge in [0, 0.05) is 6.07 Å². The average Bonchev–Trinajstić information content (AvgIpc) is 2.23. The van der Waals surface area contributed by atoms with Gasteiger partial charge in [-0.3, -0.25) is 0 Å². The lowest BCUT2D eigenvalue weighted by Crippen LogP contribution is -1.99. The first-order chi connectivity index (χ1) is 7.33. The minimum absolute atomic E-state index is 0.646. The lowest BCUT2D eigenvalue weighted by Gasteiger charge is -2.04. The Balaban J connectivity index is 2.10. The van der Waals surface area contributed by atoms with Gasteiger partial charge in [0.15, 0.2) is 0 Å². The van der Waals surface area contributed by atoms with Crippen molar-refractivity contribution >= 4 is 15.9 Å². The summed E-state index contributed by atoms with van der Waals surface area (Å²) in [7, 11) is 0. The summed E-state index contributed by atoms with van der Waals surface area (Å²) in [6.45, 7) is 2.96. The van der Waals surface area contributed by atoms with Crippen LogP contribution in [0, 0.1) is 0 Å². The van der Waals surface area contributed by atoms with Gasteiger partial charge in [0.25, 0.3) is 0 Å². The second-order valence-corrected chi connectivity index (χ2v) is 4.25. The molecule has 0 spiro atoms. The van der Waals surface area contributed by atoms with Crippen molar-refractivity contribution < 1.29 is 4.74 Å². The molecule has 1 rings (SSSR count). The molecule has 0 saturated carbocycles.